The number of rotatable bonds is 10. The van der Waals surface area contributed by atoms with E-state index in [4.69, 9.17) is 48.2 Å². The van der Waals surface area contributed by atoms with Gasteiger partial charge in [0.2, 0.25) is 0 Å². The second kappa shape index (κ2) is 25.3. The van der Waals surface area contributed by atoms with Crippen LogP contribution in [0.1, 0.15) is 0 Å². The predicted octanol–water partition coefficient (Wildman–Crippen LogP) is 15.0. The van der Waals surface area contributed by atoms with Crippen LogP contribution >= 0.6 is 39.1 Å². The molecule has 0 bridgehead atoms. The highest BCUT2D eigenvalue weighted by atomic mass is 79.9. The molecule has 0 spiro atoms. The Labute approximate surface area is 470 Å². The standard InChI is InChI=1S/C32H21ClN4.C21H13BrClN3.C11H10BNO2/c33-28-20-26(22-14-16-23(17-15-22)29-13-7-8-18-34-29)19-27(21-28)32-36-30(24-9-3-1-4-10-24)35-31(37-32)25-11-5-2-6-12-25;22-17-11-16(12-18(23)13-17)21-25-19(14-7-3-1-4-8-14)24-20(26-21)15-9-5-2-6-10-15;14-12(15)10-6-4-9(5-7-10)11-3-1-2-8-13-11/h1-21H;1-13H;1-8,14-15H. The molecule has 376 valence electrons. The lowest BCUT2D eigenvalue weighted by Gasteiger charge is -2.11. The molecule has 0 saturated carbocycles. The fourth-order valence-corrected chi connectivity index (χ4v) is 9.27. The first-order valence-electron chi connectivity index (χ1n) is 24.6. The molecule has 4 heterocycles. The van der Waals surface area contributed by atoms with Crippen LogP contribution in [0.25, 0.3) is 102 Å². The predicted molar refractivity (Wildman–Crippen MR) is 318 cm³/mol. The SMILES string of the molecule is Clc1cc(-c2ccc(-c3ccccn3)cc2)cc(-c2nc(-c3ccccc3)nc(-c3ccccc3)n2)c1.Clc1cc(Br)cc(-c2nc(-c3ccccc3)nc(-c3ccccc3)n2)c1.OB(O)c1ccc(-c2ccccn2)cc1. The van der Waals surface area contributed by atoms with Crippen LogP contribution in [0.15, 0.2) is 260 Å². The first-order chi connectivity index (χ1) is 38.2. The first kappa shape index (κ1) is 52.6. The van der Waals surface area contributed by atoms with Crippen LogP contribution < -0.4 is 5.46 Å². The Kier molecular flexibility index (Phi) is 17.1. The molecule has 2 N–H and O–H groups in total. The van der Waals surface area contributed by atoms with Crippen molar-refractivity contribution >= 4 is 51.7 Å². The Morgan fingerprint density at radius 2 is 0.615 bits per heavy atom. The maximum atomic E-state index is 8.93. The minimum Gasteiger partial charge on any atom is -0.423 e. The zero-order valence-electron chi connectivity index (χ0n) is 41.4. The normalized spacial score (nSPS) is 10.6. The van der Waals surface area contributed by atoms with Crippen molar-refractivity contribution in [1.29, 1.82) is 0 Å². The van der Waals surface area contributed by atoms with Crippen molar-refractivity contribution in [2.24, 2.45) is 0 Å². The van der Waals surface area contributed by atoms with Crippen molar-refractivity contribution in [2.45, 2.75) is 0 Å². The summed E-state index contributed by atoms with van der Waals surface area (Å²) in [7, 11) is -1.41. The van der Waals surface area contributed by atoms with E-state index in [2.05, 4.69) is 71.2 Å². The fraction of sp³-hybridized carbons (Fsp3) is 0. The summed E-state index contributed by atoms with van der Waals surface area (Å²) >= 11 is 16.3. The minimum atomic E-state index is -1.41. The van der Waals surface area contributed by atoms with Crippen LogP contribution in [0.4, 0.5) is 0 Å². The van der Waals surface area contributed by atoms with Gasteiger partial charge in [0.05, 0.1) is 11.4 Å². The Balaban J connectivity index is 0.000000145. The Bertz CT molecular complexity index is 3760. The van der Waals surface area contributed by atoms with Crippen molar-refractivity contribution < 1.29 is 10.0 Å². The molecular formula is C64H44BBrCl2N8O2. The van der Waals surface area contributed by atoms with Gasteiger partial charge in [-0.1, -0.05) is 221 Å². The molecule has 8 aromatic carbocycles. The highest BCUT2D eigenvalue weighted by molar-refractivity contribution is 9.10. The van der Waals surface area contributed by atoms with E-state index in [9.17, 15) is 0 Å². The second-order valence-corrected chi connectivity index (χ2v) is 19.3. The minimum absolute atomic E-state index is 0.481. The smallest absolute Gasteiger partial charge is 0.423 e. The molecular weight excluding hydrogens is 1070 g/mol. The monoisotopic (exact) mass is 1120 g/mol. The lowest BCUT2D eigenvalue weighted by Crippen LogP contribution is -2.29. The molecule has 12 rings (SSSR count). The molecule has 0 radical (unpaired) electrons. The summed E-state index contributed by atoms with van der Waals surface area (Å²) in [6.07, 6.45) is 3.53. The zero-order chi connectivity index (χ0) is 53.6. The van der Waals surface area contributed by atoms with Crippen molar-refractivity contribution in [3.8, 4) is 102 Å². The fourth-order valence-electron chi connectivity index (χ4n) is 8.17. The Hall–Kier alpha value is -8.88. The van der Waals surface area contributed by atoms with Gasteiger partial charge in [0.1, 0.15) is 0 Å². The van der Waals surface area contributed by atoms with Gasteiger partial charge in [0.15, 0.2) is 34.9 Å². The quantitative estimate of drug-likeness (QED) is 0.127. The third-order valence-electron chi connectivity index (χ3n) is 12.0. The summed E-state index contributed by atoms with van der Waals surface area (Å²) in [5.74, 6) is 3.65. The molecule has 0 unspecified atom stereocenters. The van der Waals surface area contributed by atoms with Gasteiger partial charge < -0.3 is 10.0 Å². The van der Waals surface area contributed by atoms with E-state index in [-0.39, 0.29) is 0 Å². The van der Waals surface area contributed by atoms with Gasteiger partial charge in [0, 0.05) is 71.4 Å². The van der Waals surface area contributed by atoms with Crippen molar-refractivity contribution in [3.05, 3.63) is 270 Å². The summed E-state index contributed by atoms with van der Waals surface area (Å²) in [4.78, 5) is 37.1. The molecule has 14 heteroatoms. The summed E-state index contributed by atoms with van der Waals surface area (Å²) in [6, 6.07) is 78.1. The van der Waals surface area contributed by atoms with Gasteiger partial charge in [-0.05, 0) is 77.3 Å². The van der Waals surface area contributed by atoms with Crippen LogP contribution in [0.3, 0.4) is 0 Å². The van der Waals surface area contributed by atoms with Gasteiger partial charge in [0.25, 0.3) is 0 Å². The largest absolute Gasteiger partial charge is 0.488 e. The van der Waals surface area contributed by atoms with E-state index in [1.165, 1.54) is 0 Å². The topological polar surface area (TPSA) is 144 Å². The van der Waals surface area contributed by atoms with Gasteiger partial charge in [-0.2, -0.15) is 0 Å². The molecule has 0 amide bonds. The van der Waals surface area contributed by atoms with E-state index in [1.807, 2.05) is 200 Å². The van der Waals surface area contributed by atoms with Crippen LogP contribution in [-0.4, -0.2) is 57.0 Å². The third-order valence-corrected chi connectivity index (χ3v) is 12.9. The average molecular weight is 1120 g/mol. The molecule has 0 fully saturated rings. The van der Waals surface area contributed by atoms with Crippen molar-refractivity contribution in [2.75, 3.05) is 0 Å². The highest BCUT2D eigenvalue weighted by Gasteiger charge is 2.16. The Morgan fingerprint density at radius 3 is 0.974 bits per heavy atom. The molecule has 4 aromatic heterocycles. The number of benzene rings is 8. The molecule has 0 aliphatic rings. The lowest BCUT2D eigenvalue weighted by molar-refractivity contribution is 0.426. The molecule has 0 aliphatic heterocycles. The summed E-state index contributed by atoms with van der Waals surface area (Å²) in [6.45, 7) is 0. The van der Waals surface area contributed by atoms with Gasteiger partial charge >= 0.3 is 7.12 Å². The zero-order valence-corrected chi connectivity index (χ0v) is 44.5. The molecule has 0 saturated heterocycles. The average Bonchev–Trinajstić information content (AvgIpc) is 3.51. The molecule has 0 atom stereocenters. The van der Waals surface area contributed by atoms with Gasteiger partial charge in [-0.15, -0.1) is 0 Å². The number of nitrogens with zero attached hydrogens (tertiary/aromatic N) is 8. The van der Waals surface area contributed by atoms with E-state index in [1.54, 1.807) is 24.5 Å². The summed E-state index contributed by atoms with van der Waals surface area (Å²) in [5.41, 5.74) is 11.7. The molecule has 78 heavy (non-hydrogen) atoms. The summed E-state index contributed by atoms with van der Waals surface area (Å²) < 4.78 is 0.878. The third kappa shape index (κ3) is 13.6. The van der Waals surface area contributed by atoms with E-state index < -0.39 is 7.12 Å². The van der Waals surface area contributed by atoms with Crippen LogP contribution in [0.2, 0.25) is 10.0 Å². The van der Waals surface area contributed by atoms with Gasteiger partial charge in [-0.25, -0.2) is 29.9 Å². The maximum Gasteiger partial charge on any atom is 0.488 e. The number of aromatic nitrogens is 8. The van der Waals surface area contributed by atoms with E-state index in [0.29, 0.717) is 50.5 Å². The lowest BCUT2D eigenvalue weighted by atomic mass is 9.80. The number of pyridine rings is 2. The number of halogens is 3. The van der Waals surface area contributed by atoms with Crippen LogP contribution in [-0.2, 0) is 0 Å². The van der Waals surface area contributed by atoms with Crippen molar-refractivity contribution in [1.82, 2.24) is 39.9 Å². The van der Waals surface area contributed by atoms with E-state index >= 15 is 0 Å². The van der Waals surface area contributed by atoms with Crippen LogP contribution in [0, 0.1) is 0 Å². The molecule has 12 aromatic rings. The number of hydrogen-bond donors (Lipinski definition) is 2. The van der Waals surface area contributed by atoms with Crippen molar-refractivity contribution in [3.63, 3.8) is 0 Å². The summed E-state index contributed by atoms with van der Waals surface area (Å²) in [5, 5.41) is 19.1. The second-order valence-electron chi connectivity index (χ2n) is 17.5. The van der Waals surface area contributed by atoms with Gasteiger partial charge in [-0.3, -0.25) is 9.97 Å². The highest BCUT2D eigenvalue weighted by Crippen LogP contribution is 2.33. The molecule has 0 aliphatic carbocycles. The Morgan fingerprint density at radius 1 is 0.295 bits per heavy atom. The molecule has 10 nitrogen and oxygen atoms in total. The number of hydrogen-bond acceptors (Lipinski definition) is 10. The first-order valence-corrected chi connectivity index (χ1v) is 26.1. The van der Waals surface area contributed by atoms with E-state index in [0.717, 1.165) is 71.5 Å². The van der Waals surface area contributed by atoms with Crippen LogP contribution in [0.5, 0.6) is 0 Å². The maximum absolute atomic E-state index is 8.93.